The molecular formula is C9H6F3NO5. The van der Waals surface area contributed by atoms with Crippen molar-refractivity contribution in [1.29, 1.82) is 0 Å². The van der Waals surface area contributed by atoms with Gasteiger partial charge in [-0.3, -0.25) is 10.1 Å². The minimum Gasteiger partial charge on any atom is -0.479 e. The molecule has 1 aromatic carbocycles. The number of nitrogens with zero attached hydrogens (tertiary/aromatic N) is 1. The summed E-state index contributed by atoms with van der Waals surface area (Å²) in [4.78, 5) is 19.7. The maximum absolute atomic E-state index is 12.7. The average Bonchev–Trinajstić information content (AvgIpc) is 2.25. The van der Waals surface area contributed by atoms with Gasteiger partial charge in [0.15, 0.2) is 6.10 Å². The van der Waals surface area contributed by atoms with Crippen molar-refractivity contribution in [2.45, 2.75) is 12.3 Å². The number of hydrogen-bond donors (Lipinski definition) is 2. The molecule has 2 N–H and O–H groups in total. The summed E-state index contributed by atoms with van der Waals surface area (Å²) in [7, 11) is 0. The van der Waals surface area contributed by atoms with Crippen LogP contribution in [-0.2, 0) is 11.0 Å². The Bertz CT molecular complexity index is 499. The number of carbonyl (C=O) groups is 1. The first-order chi connectivity index (χ1) is 8.16. The number of halogens is 3. The second kappa shape index (κ2) is 4.61. The topological polar surface area (TPSA) is 101 Å². The van der Waals surface area contributed by atoms with Gasteiger partial charge < -0.3 is 10.2 Å². The van der Waals surface area contributed by atoms with Crippen molar-refractivity contribution in [2.75, 3.05) is 0 Å². The Morgan fingerprint density at radius 1 is 1.39 bits per heavy atom. The van der Waals surface area contributed by atoms with Gasteiger partial charge in [0, 0.05) is 11.6 Å². The molecule has 0 fully saturated rings. The zero-order valence-electron chi connectivity index (χ0n) is 8.51. The maximum Gasteiger partial charge on any atom is 0.423 e. The Morgan fingerprint density at radius 3 is 2.33 bits per heavy atom. The molecule has 0 radical (unpaired) electrons. The number of hydrogen-bond acceptors (Lipinski definition) is 4. The number of carboxylic acids is 1. The lowest BCUT2D eigenvalue weighted by molar-refractivity contribution is -0.388. The Hall–Kier alpha value is -2.16. The van der Waals surface area contributed by atoms with Gasteiger partial charge in [0.05, 0.1) is 4.92 Å². The first kappa shape index (κ1) is 13.9. The summed E-state index contributed by atoms with van der Waals surface area (Å²) in [6, 6.07) is 2.13. The molecule has 0 amide bonds. The molecule has 0 aliphatic carbocycles. The van der Waals surface area contributed by atoms with Crippen LogP contribution in [-0.4, -0.2) is 21.1 Å². The van der Waals surface area contributed by atoms with E-state index in [1.807, 2.05) is 0 Å². The van der Waals surface area contributed by atoms with Crippen molar-refractivity contribution in [3.8, 4) is 0 Å². The van der Waals surface area contributed by atoms with Gasteiger partial charge in [0.25, 0.3) is 5.69 Å². The Balaban J connectivity index is 3.58. The highest BCUT2D eigenvalue weighted by molar-refractivity contribution is 5.75. The highest BCUT2D eigenvalue weighted by Crippen LogP contribution is 2.40. The first-order valence-electron chi connectivity index (χ1n) is 4.41. The van der Waals surface area contributed by atoms with E-state index >= 15 is 0 Å². The van der Waals surface area contributed by atoms with E-state index in [1.165, 1.54) is 0 Å². The van der Waals surface area contributed by atoms with Crippen molar-refractivity contribution < 1.29 is 33.1 Å². The number of nitro benzene ring substituents is 1. The predicted molar refractivity (Wildman–Crippen MR) is 50.7 cm³/mol. The molecule has 1 atom stereocenters. The van der Waals surface area contributed by atoms with Crippen molar-refractivity contribution in [3.05, 3.63) is 39.4 Å². The molecular weight excluding hydrogens is 259 g/mol. The predicted octanol–water partition coefficient (Wildman–Crippen LogP) is 1.73. The van der Waals surface area contributed by atoms with Crippen LogP contribution >= 0.6 is 0 Å². The standard InChI is InChI=1S/C9H6F3NO5/c10-9(11,12)6-4(7(14)8(15)16)2-1-3-5(6)13(17)18/h1-3,7,14H,(H,15,16). The third-order valence-corrected chi connectivity index (χ3v) is 2.08. The van der Waals surface area contributed by atoms with Crippen LogP contribution in [0.4, 0.5) is 18.9 Å². The second-order valence-electron chi connectivity index (χ2n) is 3.24. The molecule has 98 valence electrons. The van der Waals surface area contributed by atoms with E-state index < -0.39 is 40.0 Å². The second-order valence-corrected chi connectivity index (χ2v) is 3.24. The van der Waals surface area contributed by atoms with E-state index in [9.17, 15) is 28.1 Å². The Labute approximate surface area is 97.4 Å². The third-order valence-electron chi connectivity index (χ3n) is 2.08. The van der Waals surface area contributed by atoms with Crippen LogP contribution in [0, 0.1) is 10.1 Å². The summed E-state index contributed by atoms with van der Waals surface area (Å²) in [6.45, 7) is 0. The van der Waals surface area contributed by atoms with E-state index in [2.05, 4.69) is 0 Å². The lowest BCUT2D eigenvalue weighted by Gasteiger charge is -2.14. The van der Waals surface area contributed by atoms with Gasteiger partial charge in [-0.2, -0.15) is 13.2 Å². The molecule has 0 bridgehead atoms. The molecule has 1 unspecified atom stereocenters. The summed E-state index contributed by atoms with van der Waals surface area (Å²) < 4.78 is 38.1. The molecule has 0 aromatic heterocycles. The van der Waals surface area contributed by atoms with Crippen molar-refractivity contribution >= 4 is 11.7 Å². The Morgan fingerprint density at radius 2 is 1.94 bits per heavy atom. The van der Waals surface area contributed by atoms with Gasteiger partial charge >= 0.3 is 12.1 Å². The molecule has 1 rings (SSSR count). The monoisotopic (exact) mass is 265 g/mol. The number of benzene rings is 1. The van der Waals surface area contributed by atoms with Gasteiger partial charge in [-0.05, 0) is 0 Å². The minimum atomic E-state index is -5.14. The highest BCUT2D eigenvalue weighted by Gasteiger charge is 2.43. The fraction of sp³-hybridized carbons (Fsp3) is 0.222. The van der Waals surface area contributed by atoms with Gasteiger partial charge in [-0.25, -0.2) is 4.79 Å². The smallest absolute Gasteiger partial charge is 0.423 e. The maximum atomic E-state index is 12.7. The van der Waals surface area contributed by atoms with Crippen molar-refractivity contribution in [2.24, 2.45) is 0 Å². The van der Waals surface area contributed by atoms with Gasteiger partial charge in [0.1, 0.15) is 5.56 Å². The van der Waals surface area contributed by atoms with Crippen LogP contribution in [0.2, 0.25) is 0 Å². The summed E-state index contributed by atoms with van der Waals surface area (Å²) in [5.41, 5.74) is -4.13. The van der Waals surface area contributed by atoms with E-state index in [1.54, 1.807) is 0 Å². The molecule has 9 heteroatoms. The van der Waals surface area contributed by atoms with E-state index in [4.69, 9.17) is 10.2 Å². The number of nitro groups is 1. The van der Waals surface area contributed by atoms with E-state index in [0.29, 0.717) is 12.1 Å². The fourth-order valence-electron chi connectivity index (χ4n) is 1.38. The number of alkyl halides is 3. The number of aliphatic hydroxyl groups excluding tert-OH is 1. The molecule has 0 spiro atoms. The molecule has 0 aliphatic heterocycles. The summed E-state index contributed by atoms with van der Waals surface area (Å²) in [5, 5.41) is 28.1. The van der Waals surface area contributed by atoms with Gasteiger partial charge in [0.2, 0.25) is 0 Å². The van der Waals surface area contributed by atoms with Gasteiger partial charge in [-0.15, -0.1) is 0 Å². The normalized spacial score (nSPS) is 13.1. The number of aliphatic hydroxyl groups is 1. The summed E-state index contributed by atoms with van der Waals surface area (Å²) in [5.74, 6) is -1.93. The van der Waals surface area contributed by atoms with Crippen LogP contribution in [0.3, 0.4) is 0 Å². The number of rotatable bonds is 3. The molecule has 18 heavy (non-hydrogen) atoms. The van der Waals surface area contributed by atoms with Crippen molar-refractivity contribution in [3.63, 3.8) is 0 Å². The largest absolute Gasteiger partial charge is 0.479 e. The quantitative estimate of drug-likeness (QED) is 0.640. The van der Waals surface area contributed by atoms with Gasteiger partial charge in [-0.1, -0.05) is 12.1 Å². The zero-order chi connectivity index (χ0) is 14.1. The molecule has 0 saturated heterocycles. The lowest BCUT2D eigenvalue weighted by Crippen LogP contribution is -2.19. The van der Waals surface area contributed by atoms with Crippen LogP contribution in [0.25, 0.3) is 0 Å². The minimum absolute atomic E-state index is 0.584. The number of aliphatic carboxylic acids is 1. The van der Waals surface area contributed by atoms with E-state index in [-0.39, 0.29) is 0 Å². The molecule has 0 saturated carbocycles. The van der Waals surface area contributed by atoms with E-state index in [0.717, 1.165) is 6.07 Å². The summed E-state index contributed by atoms with van der Waals surface area (Å²) in [6.07, 6.45) is -7.63. The van der Waals surface area contributed by atoms with Crippen LogP contribution < -0.4 is 0 Å². The fourth-order valence-corrected chi connectivity index (χ4v) is 1.38. The summed E-state index contributed by atoms with van der Waals surface area (Å²) >= 11 is 0. The lowest BCUT2D eigenvalue weighted by atomic mass is 10.00. The molecule has 0 heterocycles. The van der Waals surface area contributed by atoms with Crippen molar-refractivity contribution in [1.82, 2.24) is 0 Å². The SMILES string of the molecule is O=C(O)C(O)c1cccc([N+](=O)[O-])c1C(F)(F)F. The number of carboxylic acid groups (broad SMARTS) is 1. The Kier molecular flexibility index (Phi) is 3.56. The highest BCUT2D eigenvalue weighted by atomic mass is 19.4. The van der Waals surface area contributed by atoms with Crippen LogP contribution in [0.1, 0.15) is 17.2 Å². The molecule has 6 nitrogen and oxygen atoms in total. The molecule has 0 aliphatic rings. The molecule has 1 aromatic rings. The third kappa shape index (κ3) is 2.56. The van der Waals surface area contributed by atoms with Crippen LogP contribution in [0.5, 0.6) is 0 Å². The average molecular weight is 265 g/mol. The zero-order valence-corrected chi connectivity index (χ0v) is 8.51. The van der Waals surface area contributed by atoms with Crippen LogP contribution in [0.15, 0.2) is 18.2 Å². The first-order valence-corrected chi connectivity index (χ1v) is 4.41.